The number of halogens is 3. The second kappa shape index (κ2) is 9.07. The summed E-state index contributed by atoms with van der Waals surface area (Å²) in [5.74, 6) is -0.474. The van der Waals surface area contributed by atoms with Crippen molar-refractivity contribution in [1.82, 2.24) is 0 Å². The SMILES string of the molecule is CCCCOC(=O)c1ccc(NC(=O)Nc2ccccc2C(F)(F)F)cc1. The second-order valence-electron chi connectivity index (χ2n) is 5.69. The number of nitrogens with one attached hydrogen (secondary N) is 2. The van der Waals surface area contributed by atoms with E-state index in [2.05, 4.69) is 10.6 Å². The monoisotopic (exact) mass is 380 g/mol. The van der Waals surface area contributed by atoms with Crippen LogP contribution in [0, 0.1) is 0 Å². The fourth-order valence-corrected chi connectivity index (χ4v) is 2.21. The van der Waals surface area contributed by atoms with Gasteiger partial charge in [-0.25, -0.2) is 9.59 Å². The smallest absolute Gasteiger partial charge is 0.418 e. The maximum Gasteiger partial charge on any atom is 0.418 e. The van der Waals surface area contributed by atoms with E-state index in [1.165, 1.54) is 36.4 Å². The number of hydrogen-bond donors (Lipinski definition) is 2. The van der Waals surface area contributed by atoms with Crippen molar-refractivity contribution in [2.24, 2.45) is 0 Å². The predicted molar refractivity (Wildman–Crippen MR) is 95.7 cm³/mol. The van der Waals surface area contributed by atoms with Crippen molar-refractivity contribution in [2.75, 3.05) is 17.2 Å². The van der Waals surface area contributed by atoms with Crippen LogP contribution < -0.4 is 10.6 Å². The number of ether oxygens (including phenoxy) is 1. The van der Waals surface area contributed by atoms with Crippen LogP contribution in [0.1, 0.15) is 35.7 Å². The van der Waals surface area contributed by atoms with Gasteiger partial charge in [0.1, 0.15) is 0 Å². The molecule has 0 aromatic heterocycles. The highest BCUT2D eigenvalue weighted by atomic mass is 19.4. The van der Waals surface area contributed by atoms with E-state index < -0.39 is 23.7 Å². The molecule has 0 bridgehead atoms. The normalized spacial score (nSPS) is 11.0. The van der Waals surface area contributed by atoms with Gasteiger partial charge in [0.15, 0.2) is 0 Å². The molecule has 2 rings (SSSR count). The number of amides is 2. The molecular formula is C19H19F3N2O3. The Balaban J connectivity index is 1.98. The Bertz CT molecular complexity index is 790. The summed E-state index contributed by atoms with van der Waals surface area (Å²) < 4.78 is 43.9. The molecular weight excluding hydrogens is 361 g/mol. The number of hydrogen-bond acceptors (Lipinski definition) is 3. The minimum atomic E-state index is -4.58. The first kappa shape index (κ1) is 20.3. The van der Waals surface area contributed by atoms with Crippen molar-refractivity contribution in [3.05, 3.63) is 59.7 Å². The molecule has 2 aromatic rings. The highest BCUT2D eigenvalue weighted by molar-refractivity contribution is 6.00. The standard InChI is InChI=1S/C19H19F3N2O3/c1-2-3-12-27-17(25)13-8-10-14(11-9-13)23-18(26)24-16-7-5-4-6-15(16)19(20,21)22/h4-11H,2-3,12H2,1H3,(H2,23,24,26). The molecule has 2 N–H and O–H groups in total. The summed E-state index contributed by atoms with van der Waals surface area (Å²) in [6.07, 6.45) is -2.91. The van der Waals surface area contributed by atoms with Gasteiger partial charge in [0, 0.05) is 5.69 Å². The quantitative estimate of drug-likeness (QED) is 0.527. The molecule has 27 heavy (non-hydrogen) atoms. The minimum absolute atomic E-state index is 0.319. The van der Waals surface area contributed by atoms with E-state index >= 15 is 0 Å². The third kappa shape index (κ3) is 6.02. The Labute approximate surface area is 154 Å². The molecule has 2 aromatic carbocycles. The number of rotatable bonds is 6. The van der Waals surface area contributed by atoms with Gasteiger partial charge in [0.05, 0.1) is 23.4 Å². The van der Waals surface area contributed by atoms with Crippen LogP contribution in [0.2, 0.25) is 0 Å². The van der Waals surface area contributed by atoms with Crippen LogP contribution in [0.25, 0.3) is 0 Å². The van der Waals surface area contributed by atoms with Gasteiger partial charge in [0.25, 0.3) is 0 Å². The van der Waals surface area contributed by atoms with Gasteiger partial charge in [-0.2, -0.15) is 13.2 Å². The van der Waals surface area contributed by atoms with Gasteiger partial charge in [0.2, 0.25) is 0 Å². The lowest BCUT2D eigenvalue weighted by atomic mass is 10.1. The summed E-state index contributed by atoms with van der Waals surface area (Å²) in [6.45, 7) is 2.31. The molecule has 0 fully saturated rings. The fourth-order valence-electron chi connectivity index (χ4n) is 2.21. The van der Waals surface area contributed by atoms with Crippen LogP contribution in [-0.4, -0.2) is 18.6 Å². The number of alkyl halides is 3. The van der Waals surface area contributed by atoms with E-state index in [9.17, 15) is 22.8 Å². The molecule has 2 amide bonds. The van der Waals surface area contributed by atoms with Crippen molar-refractivity contribution < 1.29 is 27.5 Å². The van der Waals surface area contributed by atoms with Gasteiger partial charge in [-0.15, -0.1) is 0 Å². The van der Waals surface area contributed by atoms with Crippen LogP contribution >= 0.6 is 0 Å². The number of esters is 1. The zero-order valence-electron chi connectivity index (χ0n) is 14.6. The van der Waals surface area contributed by atoms with E-state index in [0.717, 1.165) is 25.0 Å². The fraction of sp³-hybridized carbons (Fsp3) is 0.263. The molecule has 0 aliphatic heterocycles. The first-order chi connectivity index (χ1) is 12.8. The zero-order valence-corrected chi connectivity index (χ0v) is 14.6. The predicted octanol–water partition coefficient (Wildman–Crippen LogP) is 5.31. The van der Waals surface area contributed by atoms with Crippen molar-refractivity contribution >= 4 is 23.4 Å². The third-order valence-electron chi connectivity index (χ3n) is 3.59. The first-order valence-electron chi connectivity index (χ1n) is 8.32. The Kier molecular flexibility index (Phi) is 6.81. The van der Waals surface area contributed by atoms with E-state index in [4.69, 9.17) is 4.74 Å². The number of carbonyl (C=O) groups excluding carboxylic acids is 2. The van der Waals surface area contributed by atoms with Crippen molar-refractivity contribution in [3.8, 4) is 0 Å². The molecule has 5 nitrogen and oxygen atoms in total. The number of carbonyl (C=O) groups is 2. The number of anilines is 2. The Morgan fingerprint density at radius 2 is 1.67 bits per heavy atom. The first-order valence-corrected chi connectivity index (χ1v) is 8.32. The lowest BCUT2D eigenvalue weighted by Gasteiger charge is -2.14. The number of para-hydroxylation sites is 1. The van der Waals surface area contributed by atoms with Crippen molar-refractivity contribution in [3.63, 3.8) is 0 Å². The molecule has 0 unspecified atom stereocenters. The number of urea groups is 1. The molecule has 0 aliphatic carbocycles. The van der Waals surface area contributed by atoms with Crippen LogP contribution in [0.15, 0.2) is 48.5 Å². The number of unbranched alkanes of at least 4 members (excludes halogenated alkanes) is 1. The van der Waals surface area contributed by atoms with Crippen LogP contribution in [-0.2, 0) is 10.9 Å². The summed E-state index contributed by atoms with van der Waals surface area (Å²) in [5.41, 5.74) is -0.648. The summed E-state index contributed by atoms with van der Waals surface area (Å²) in [5, 5.41) is 4.59. The minimum Gasteiger partial charge on any atom is -0.462 e. The van der Waals surface area contributed by atoms with Gasteiger partial charge in [-0.1, -0.05) is 25.5 Å². The summed E-state index contributed by atoms with van der Waals surface area (Å²) in [7, 11) is 0. The average Bonchev–Trinajstić information content (AvgIpc) is 2.62. The maximum absolute atomic E-state index is 12.9. The maximum atomic E-state index is 12.9. The Hall–Kier alpha value is -3.03. The summed E-state index contributed by atoms with van der Waals surface area (Å²) >= 11 is 0. The van der Waals surface area contributed by atoms with Crippen LogP contribution in [0.5, 0.6) is 0 Å². The molecule has 0 heterocycles. The van der Waals surface area contributed by atoms with E-state index in [0.29, 0.717) is 17.9 Å². The molecule has 0 radical (unpaired) electrons. The molecule has 0 aliphatic rings. The third-order valence-corrected chi connectivity index (χ3v) is 3.59. The van der Waals surface area contributed by atoms with Gasteiger partial charge in [-0.05, 0) is 42.8 Å². The molecule has 0 atom stereocenters. The van der Waals surface area contributed by atoms with E-state index in [1.54, 1.807) is 0 Å². The highest BCUT2D eigenvalue weighted by Gasteiger charge is 2.33. The van der Waals surface area contributed by atoms with Gasteiger partial charge >= 0.3 is 18.2 Å². The molecule has 8 heteroatoms. The van der Waals surface area contributed by atoms with Crippen LogP contribution in [0.4, 0.5) is 29.3 Å². The largest absolute Gasteiger partial charge is 0.462 e. The summed E-state index contributed by atoms with van der Waals surface area (Å²) in [4.78, 5) is 23.8. The average molecular weight is 380 g/mol. The Morgan fingerprint density at radius 1 is 1.00 bits per heavy atom. The second-order valence-corrected chi connectivity index (χ2v) is 5.69. The Morgan fingerprint density at radius 3 is 2.30 bits per heavy atom. The van der Waals surface area contributed by atoms with Crippen molar-refractivity contribution in [2.45, 2.75) is 25.9 Å². The van der Waals surface area contributed by atoms with Gasteiger partial charge in [-0.3, -0.25) is 0 Å². The summed E-state index contributed by atoms with van der Waals surface area (Å²) in [6, 6.07) is 9.71. The molecule has 144 valence electrons. The highest BCUT2D eigenvalue weighted by Crippen LogP contribution is 2.34. The van der Waals surface area contributed by atoms with E-state index in [-0.39, 0.29) is 5.69 Å². The number of benzene rings is 2. The topological polar surface area (TPSA) is 67.4 Å². The van der Waals surface area contributed by atoms with Crippen molar-refractivity contribution in [1.29, 1.82) is 0 Å². The molecule has 0 spiro atoms. The molecule has 0 saturated heterocycles. The van der Waals surface area contributed by atoms with E-state index in [1.807, 2.05) is 6.92 Å². The van der Waals surface area contributed by atoms with Crippen LogP contribution in [0.3, 0.4) is 0 Å². The zero-order chi connectivity index (χ0) is 19.9. The van der Waals surface area contributed by atoms with Gasteiger partial charge < -0.3 is 15.4 Å². The lowest BCUT2D eigenvalue weighted by molar-refractivity contribution is -0.136. The molecule has 0 saturated carbocycles. The lowest BCUT2D eigenvalue weighted by Crippen LogP contribution is -2.21.